The van der Waals surface area contributed by atoms with Crippen LogP contribution in [0.15, 0.2) is 60.8 Å². The second-order valence-electron chi connectivity index (χ2n) is 20.2. The molecular formula is C64H114O6. The number of carbonyl (C=O) groups excluding carboxylic acids is 3. The van der Waals surface area contributed by atoms with Gasteiger partial charge in [-0.15, -0.1) is 0 Å². The molecule has 0 aromatic rings. The van der Waals surface area contributed by atoms with Gasteiger partial charge in [0.15, 0.2) is 6.10 Å². The average molecular weight is 980 g/mol. The van der Waals surface area contributed by atoms with Gasteiger partial charge in [0.05, 0.1) is 0 Å². The van der Waals surface area contributed by atoms with Crippen LogP contribution in [0.25, 0.3) is 0 Å². The third kappa shape index (κ3) is 56.0. The van der Waals surface area contributed by atoms with Gasteiger partial charge in [0, 0.05) is 19.3 Å². The van der Waals surface area contributed by atoms with E-state index < -0.39 is 6.10 Å². The van der Waals surface area contributed by atoms with Crippen LogP contribution in [0, 0.1) is 0 Å². The molecule has 0 bridgehead atoms. The molecule has 0 N–H and O–H groups in total. The van der Waals surface area contributed by atoms with E-state index in [2.05, 4.69) is 81.5 Å². The van der Waals surface area contributed by atoms with Crippen molar-refractivity contribution in [1.82, 2.24) is 0 Å². The molecule has 0 spiro atoms. The molecule has 6 nitrogen and oxygen atoms in total. The van der Waals surface area contributed by atoms with Crippen molar-refractivity contribution in [3.8, 4) is 0 Å². The van der Waals surface area contributed by atoms with Gasteiger partial charge in [0.2, 0.25) is 0 Å². The van der Waals surface area contributed by atoms with Crippen molar-refractivity contribution in [2.24, 2.45) is 0 Å². The highest BCUT2D eigenvalue weighted by molar-refractivity contribution is 5.71. The number of rotatable bonds is 55. The number of ether oxygens (including phenoxy) is 3. The summed E-state index contributed by atoms with van der Waals surface area (Å²) in [5.74, 6) is -0.900. The summed E-state index contributed by atoms with van der Waals surface area (Å²) in [6.07, 6.45) is 73.6. The Hall–Kier alpha value is -2.89. The molecule has 0 saturated heterocycles. The fraction of sp³-hybridized carbons (Fsp3) is 0.797. The van der Waals surface area contributed by atoms with Gasteiger partial charge in [0.1, 0.15) is 13.2 Å². The predicted octanol–water partition coefficient (Wildman–Crippen LogP) is 20.4. The summed E-state index contributed by atoms with van der Waals surface area (Å²) in [4.78, 5) is 38.2. The van der Waals surface area contributed by atoms with E-state index >= 15 is 0 Å². The molecular weight excluding hydrogens is 865 g/mol. The number of unbranched alkanes of at least 4 members (excludes halogenated alkanes) is 34. The highest BCUT2D eigenvalue weighted by atomic mass is 16.6. The standard InChI is InChI=1S/C64H114O6/c1-4-7-10-13-16-19-22-25-27-29-31-32-34-35-37-39-42-45-48-51-54-57-63(66)69-60-61(59-68-62(65)56-53-50-47-44-41-24-21-18-15-12-9-6-3)70-64(67)58-55-52-49-46-43-40-38-36-33-30-28-26-23-20-17-14-11-8-5-2/h8,11,17,20,26,28,33,36,40,43,61H,4-7,9-10,12-16,18-19,21-25,27,29-32,34-35,37-39,41-42,44-60H2,1-3H3/b11-8-,20-17-,28-26-,36-33-,43-40-. The number of carbonyl (C=O) groups is 3. The summed E-state index contributed by atoms with van der Waals surface area (Å²) >= 11 is 0. The zero-order chi connectivity index (χ0) is 50.7. The Bertz CT molecular complexity index is 1260. The van der Waals surface area contributed by atoms with E-state index in [4.69, 9.17) is 14.2 Å². The van der Waals surface area contributed by atoms with Crippen LogP contribution in [0.5, 0.6) is 0 Å². The highest BCUT2D eigenvalue weighted by Gasteiger charge is 2.19. The van der Waals surface area contributed by atoms with Crippen molar-refractivity contribution >= 4 is 17.9 Å². The maximum absolute atomic E-state index is 12.9. The van der Waals surface area contributed by atoms with Crippen molar-refractivity contribution < 1.29 is 28.6 Å². The molecule has 0 rings (SSSR count). The topological polar surface area (TPSA) is 78.9 Å². The van der Waals surface area contributed by atoms with Gasteiger partial charge in [-0.25, -0.2) is 0 Å². The van der Waals surface area contributed by atoms with Crippen molar-refractivity contribution in [2.75, 3.05) is 13.2 Å². The fourth-order valence-electron chi connectivity index (χ4n) is 8.77. The van der Waals surface area contributed by atoms with Crippen LogP contribution in [0.2, 0.25) is 0 Å². The molecule has 0 radical (unpaired) electrons. The molecule has 0 aliphatic rings. The van der Waals surface area contributed by atoms with Crippen LogP contribution in [0.4, 0.5) is 0 Å². The van der Waals surface area contributed by atoms with Gasteiger partial charge in [-0.05, 0) is 64.2 Å². The molecule has 0 fully saturated rings. The lowest BCUT2D eigenvalue weighted by atomic mass is 10.0. The first-order valence-electron chi connectivity index (χ1n) is 30.3. The lowest BCUT2D eigenvalue weighted by molar-refractivity contribution is -0.167. The first-order valence-corrected chi connectivity index (χ1v) is 30.3. The highest BCUT2D eigenvalue weighted by Crippen LogP contribution is 2.17. The number of hydrogen-bond acceptors (Lipinski definition) is 6. The van der Waals surface area contributed by atoms with E-state index in [-0.39, 0.29) is 31.1 Å². The monoisotopic (exact) mass is 979 g/mol. The lowest BCUT2D eigenvalue weighted by Gasteiger charge is -2.18. The SMILES string of the molecule is CC/C=C\C/C=C\C/C=C\C/C=C\C/C=C\CCCCCC(=O)OC(COC(=O)CCCCCCCCCCCCCC)COC(=O)CCCCCCCCCCCCCCCCCCCCCCC. The van der Waals surface area contributed by atoms with Gasteiger partial charge in [0.25, 0.3) is 0 Å². The normalized spacial score (nSPS) is 12.4. The summed E-state index contributed by atoms with van der Waals surface area (Å²) in [6, 6.07) is 0. The van der Waals surface area contributed by atoms with Gasteiger partial charge in [-0.2, -0.15) is 0 Å². The van der Waals surface area contributed by atoms with Gasteiger partial charge in [-0.1, -0.05) is 287 Å². The minimum Gasteiger partial charge on any atom is -0.462 e. The Morgan fingerprint density at radius 3 is 0.871 bits per heavy atom. The van der Waals surface area contributed by atoms with Gasteiger partial charge < -0.3 is 14.2 Å². The van der Waals surface area contributed by atoms with E-state index in [1.165, 1.54) is 173 Å². The minimum atomic E-state index is -0.789. The Morgan fingerprint density at radius 1 is 0.300 bits per heavy atom. The Labute approximate surface area is 434 Å². The first kappa shape index (κ1) is 67.1. The fourth-order valence-corrected chi connectivity index (χ4v) is 8.77. The van der Waals surface area contributed by atoms with Crippen molar-refractivity contribution in [2.45, 2.75) is 316 Å². The number of esters is 3. The molecule has 0 saturated carbocycles. The molecule has 0 amide bonds. The maximum atomic E-state index is 12.9. The number of allylic oxidation sites excluding steroid dienone is 10. The molecule has 0 aromatic carbocycles. The van der Waals surface area contributed by atoms with Crippen molar-refractivity contribution in [3.05, 3.63) is 60.8 Å². The third-order valence-electron chi connectivity index (χ3n) is 13.3. The predicted molar refractivity (Wildman–Crippen MR) is 302 cm³/mol. The zero-order valence-electron chi connectivity index (χ0n) is 46.5. The molecule has 70 heavy (non-hydrogen) atoms. The van der Waals surface area contributed by atoms with Crippen LogP contribution >= 0.6 is 0 Å². The maximum Gasteiger partial charge on any atom is 0.306 e. The molecule has 406 valence electrons. The van der Waals surface area contributed by atoms with Crippen LogP contribution in [-0.4, -0.2) is 37.2 Å². The quantitative estimate of drug-likeness (QED) is 0.0261. The molecule has 1 unspecified atom stereocenters. The Balaban J connectivity index is 4.35. The molecule has 0 aliphatic carbocycles. The second kappa shape index (κ2) is 58.7. The second-order valence-corrected chi connectivity index (χ2v) is 20.2. The Kier molecular flexibility index (Phi) is 56.3. The van der Waals surface area contributed by atoms with E-state index in [9.17, 15) is 14.4 Å². The lowest BCUT2D eigenvalue weighted by Crippen LogP contribution is -2.30. The first-order chi connectivity index (χ1) is 34.5. The molecule has 0 aromatic heterocycles. The van der Waals surface area contributed by atoms with Gasteiger partial charge in [-0.3, -0.25) is 14.4 Å². The van der Waals surface area contributed by atoms with Gasteiger partial charge >= 0.3 is 17.9 Å². The van der Waals surface area contributed by atoms with E-state index in [1.807, 2.05) is 0 Å². The van der Waals surface area contributed by atoms with E-state index in [1.54, 1.807) is 0 Å². The summed E-state index contributed by atoms with van der Waals surface area (Å²) in [7, 11) is 0. The Morgan fingerprint density at radius 2 is 0.557 bits per heavy atom. The zero-order valence-corrected chi connectivity index (χ0v) is 46.5. The molecule has 0 aliphatic heterocycles. The molecule has 1 atom stereocenters. The van der Waals surface area contributed by atoms with Crippen molar-refractivity contribution in [3.63, 3.8) is 0 Å². The third-order valence-corrected chi connectivity index (χ3v) is 13.3. The smallest absolute Gasteiger partial charge is 0.306 e. The molecule has 0 heterocycles. The minimum absolute atomic E-state index is 0.0835. The number of hydrogen-bond donors (Lipinski definition) is 0. The van der Waals surface area contributed by atoms with Crippen LogP contribution in [0.1, 0.15) is 310 Å². The van der Waals surface area contributed by atoms with Crippen LogP contribution in [0.3, 0.4) is 0 Å². The van der Waals surface area contributed by atoms with E-state index in [0.717, 1.165) is 96.3 Å². The molecule has 6 heteroatoms. The largest absolute Gasteiger partial charge is 0.462 e. The summed E-state index contributed by atoms with van der Waals surface area (Å²) in [5, 5.41) is 0. The summed E-state index contributed by atoms with van der Waals surface area (Å²) in [5.41, 5.74) is 0. The van der Waals surface area contributed by atoms with Crippen molar-refractivity contribution in [1.29, 1.82) is 0 Å². The average Bonchev–Trinajstić information content (AvgIpc) is 3.36. The van der Waals surface area contributed by atoms with Crippen LogP contribution in [-0.2, 0) is 28.6 Å². The summed E-state index contributed by atoms with van der Waals surface area (Å²) in [6.45, 7) is 6.54. The summed E-state index contributed by atoms with van der Waals surface area (Å²) < 4.78 is 16.9. The van der Waals surface area contributed by atoms with Crippen LogP contribution < -0.4 is 0 Å². The van der Waals surface area contributed by atoms with E-state index in [0.29, 0.717) is 19.3 Å².